The van der Waals surface area contributed by atoms with E-state index in [0.717, 1.165) is 30.0 Å². The minimum absolute atomic E-state index is 0.0809. The van der Waals surface area contributed by atoms with Crippen molar-refractivity contribution in [3.63, 3.8) is 0 Å². The van der Waals surface area contributed by atoms with Gasteiger partial charge in [-0.15, -0.1) is 0 Å². The zero-order valence-corrected chi connectivity index (χ0v) is 13.3. The second kappa shape index (κ2) is 6.41. The van der Waals surface area contributed by atoms with Gasteiger partial charge in [0.2, 0.25) is 0 Å². The molecule has 0 aliphatic carbocycles. The molecule has 4 heteroatoms. The van der Waals surface area contributed by atoms with Crippen LogP contribution in [0.15, 0.2) is 30.3 Å². The van der Waals surface area contributed by atoms with E-state index in [4.69, 9.17) is 5.11 Å². The van der Waals surface area contributed by atoms with E-state index in [-0.39, 0.29) is 12.1 Å². The molecule has 4 nitrogen and oxygen atoms in total. The van der Waals surface area contributed by atoms with Crippen LogP contribution in [0, 0.1) is 13.8 Å². The predicted octanol–water partition coefficient (Wildman–Crippen LogP) is 2.74. The van der Waals surface area contributed by atoms with Crippen LogP contribution in [0.3, 0.4) is 0 Å². The smallest absolute Gasteiger partial charge is 0.0648 e. The summed E-state index contributed by atoms with van der Waals surface area (Å²) in [5.41, 5.74) is 4.43. The number of benzene rings is 1. The Morgan fingerprint density at radius 3 is 2.48 bits per heavy atom. The molecule has 0 saturated carbocycles. The lowest BCUT2D eigenvalue weighted by Gasteiger charge is -2.25. The van der Waals surface area contributed by atoms with Crippen molar-refractivity contribution in [2.75, 3.05) is 6.61 Å². The van der Waals surface area contributed by atoms with Crippen LogP contribution < -0.4 is 5.32 Å². The number of aromatic nitrogens is 2. The van der Waals surface area contributed by atoms with Gasteiger partial charge in [-0.05, 0) is 46.2 Å². The van der Waals surface area contributed by atoms with Gasteiger partial charge in [-0.1, -0.05) is 18.2 Å². The predicted molar refractivity (Wildman–Crippen MR) is 85.7 cm³/mol. The first-order chi connectivity index (χ1) is 9.94. The summed E-state index contributed by atoms with van der Waals surface area (Å²) < 4.78 is 1.99. The third kappa shape index (κ3) is 3.71. The third-order valence-corrected chi connectivity index (χ3v) is 3.92. The normalized spacial score (nSPS) is 11.9. The summed E-state index contributed by atoms with van der Waals surface area (Å²) in [5, 5.41) is 17.3. The molecule has 1 heterocycles. The van der Waals surface area contributed by atoms with Gasteiger partial charge in [-0.2, -0.15) is 5.10 Å². The number of aliphatic hydroxyl groups is 1. The molecule has 2 N–H and O–H groups in total. The molecule has 0 fully saturated rings. The first-order valence-electron chi connectivity index (χ1n) is 7.41. The van der Waals surface area contributed by atoms with Crippen molar-refractivity contribution < 1.29 is 5.11 Å². The molecule has 21 heavy (non-hydrogen) atoms. The standard InChI is InChI=1S/C17H25N3O/c1-13-16(12-18-17(3,4)10-11-21)14(2)20(19-13)15-8-6-5-7-9-15/h5-9,18,21H,10-12H2,1-4H3. The van der Waals surface area contributed by atoms with Crippen molar-refractivity contribution in [1.29, 1.82) is 0 Å². The molecule has 0 amide bonds. The van der Waals surface area contributed by atoms with E-state index >= 15 is 0 Å². The van der Waals surface area contributed by atoms with E-state index in [0.29, 0.717) is 0 Å². The largest absolute Gasteiger partial charge is 0.396 e. The van der Waals surface area contributed by atoms with E-state index < -0.39 is 0 Å². The zero-order chi connectivity index (χ0) is 15.5. The van der Waals surface area contributed by atoms with Crippen molar-refractivity contribution in [3.05, 3.63) is 47.3 Å². The highest BCUT2D eigenvalue weighted by atomic mass is 16.3. The minimum atomic E-state index is -0.0809. The van der Waals surface area contributed by atoms with Crippen LogP contribution in [0.5, 0.6) is 0 Å². The Morgan fingerprint density at radius 1 is 1.19 bits per heavy atom. The monoisotopic (exact) mass is 287 g/mol. The summed E-state index contributed by atoms with van der Waals surface area (Å²) in [7, 11) is 0. The molecule has 0 atom stereocenters. The van der Waals surface area contributed by atoms with Gasteiger partial charge in [-0.25, -0.2) is 4.68 Å². The van der Waals surface area contributed by atoms with E-state index in [1.54, 1.807) is 0 Å². The van der Waals surface area contributed by atoms with Gasteiger partial charge in [0.05, 0.1) is 11.4 Å². The van der Waals surface area contributed by atoms with Crippen LogP contribution in [-0.2, 0) is 6.54 Å². The number of aryl methyl sites for hydroxylation is 1. The lowest BCUT2D eigenvalue weighted by atomic mass is 10.0. The van der Waals surface area contributed by atoms with Gasteiger partial charge in [0, 0.05) is 29.9 Å². The van der Waals surface area contributed by atoms with Crippen LogP contribution in [0.2, 0.25) is 0 Å². The number of aliphatic hydroxyl groups excluding tert-OH is 1. The molecular formula is C17H25N3O. The molecule has 0 unspecified atom stereocenters. The Balaban J connectivity index is 2.21. The van der Waals surface area contributed by atoms with Gasteiger partial charge in [-0.3, -0.25) is 0 Å². The molecule has 0 spiro atoms. The van der Waals surface area contributed by atoms with Gasteiger partial charge in [0.25, 0.3) is 0 Å². The summed E-state index contributed by atoms with van der Waals surface area (Å²) >= 11 is 0. The molecule has 114 valence electrons. The molecule has 0 radical (unpaired) electrons. The molecule has 2 rings (SSSR count). The number of rotatable bonds is 6. The van der Waals surface area contributed by atoms with Gasteiger partial charge in [0.15, 0.2) is 0 Å². The molecule has 2 aromatic rings. The maximum atomic E-state index is 9.10. The fourth-order valence-corrected chi connectivity index (χ4v) is 2.45. The van der Waals surface area contributed by atoms with E-state index in [1.807, 2.05) is 29.8 Å². The fraction of sp³-hybridized carbons (Fsp3) is 0.471. The van der Waals surface area contributed by atoms with Gasteiger partial charge in [0.1, 0.15) is 0 Å². The first kappa shape index (κ1) is 15.7. The molecule has 1 aromatic heterocycles. The SMILES string of the molecule is Cc1nn(-c2ccccc2)c(C)c1CNC(C)(C)CCO. The lowest BCUT2D eigenvalue weighted by molar-refractivity contribution is 0.230. The fourth-order valence-electron chi connectivity index (χ4n) is 2.45. The number of nitrogens with one attached hydrogen (secondary N) is 1. The van der Waals surface area contributed by atoms with Crippen molar-refractivity contribution in [2.45, 2.75) is 46.2 Å². The van der Waals surface area contributed by atoms with Crippen molar-refractivity contribution in [2.24, 2.45) is 0 Å². The molecule has 0 aliphatic heterocycles. The minimum Gasteiger partial charge on any atom is -0.396 e. The van der Waals surface area contributed by atoms with Crippen LogP contribution in [0.25, 0.3) is 5.69 Å². The Kier molecular flexibility index (Phi) is 4.80. The number of nitrogens with zero attached hydrogens (tertiary/aromatic N) is 2. The summed E-state index contributed by atoms with van der Waals surface area (Å²) in [6.45, 7) is 9.31. The topological polar surface area (TPSA) is 50.1 Å². The van der Waals surface area contributed by atoms with E-state index in [1.165, 1.54) is 5.56 Å². The summed E-state index contributed by atoms with van der Waals surface area (Å²) in [5.74, 6) is 0. The van der Waals surface area contributed by atoms with Gasteiger partial charge >= 0.3 is 0 Å². The average molecular weight is 287 g/mol. The molecule has 0 saturated heterocycles. The van der Waals surface area contributed by atoms with E-state index in [2.05, 4.69) is 43.3 Å². The lowest BCUT2D eigenvalue weighted by Crippen LogP contribution is -2.39. The Hall–Kier alpha value is -1.65. The summed E-state index contributed by atoms with van der Waals surface area (Å²) in [6, 6.07) is 10.2. The Labute approximate surface area is 126 Å². The van der Waals surface area contributed by atoms with Crippen LogP contribution in [-0.4, -0.2) is 27.0 Å². The molecule has 0 aliphatic rings. The van der Waals surface area contributed by atoms with Crippen molar-refractivity contribution in [1.82, 2.24) is 15.1 Å². The summed E-state index contributed by atoms with van der Waals surface area (Å²) in [4.78, 5) is 0. The molecule has 1 aromatic carbocycles. The molecule has 0 bridgehead atoms. The quantitative estimate of drug-likeness (QED) is 0.859. The Bertz CT molecular complexity index is 588. The Morgan fingerprint density at radius 2 is 1.86 bits per heavy atom. The number of hydrogen-bond donors (Lipinski definition) is 2. The molecular weight excluding hydrogens is 262 g/mol. The number of hydrogen-bond acceptors (Lipinski definition) is 3. The van der Waals surface area contributed by atoms with Gasteiger partial charge < -0.3 is 10.4 Å². The van der Waals surface area contributed by atoms with Crippen molar-refractivity contribution in [3.8, 4) is 5.69 Å². The first-order valence-corrected chi connectivity index (χ1v) is 7.41. The summed E-state index contributed by atoms with van der Waals surface area (Å²) in [6.07, 6.45) is 0.734. The van der Waals surface area contributed by atoms with Crippen LogP contribution in [0.4, 0.5) is 0 Å². The highest BCUT2D eigenvalue weighted by Gasteiger charge is 2.19. The zero-order valence-electron chi connectivity index (χ0n) is 13.3. The highest BCUT2D eigenvalue weighted by Crippen LogP contribution is 2.19. The maximum absolute atomic E-state index is 9.10. The number of para-hydroxylation sites is 1. The van der Waals surface area contributed by atoms with Crippen LogP contribution >= 0.6 is 0 Å². The van der Waals surface area contributed by atoms with E-state index in [9.17, 15) is 0 Å². The maximum Gasteiger partial charge on any atom is 0.0648 e. The average Bonchev–Trinajstić information content (AvgIpc) is 2.73. The van der Waals surface area contributed by atoms with Crippen LogP contribution in [0.1, 0.15) is 37.2 Å². The third-order valence-electron chi connectivity index (χ3n) is 3.92. The second-order valence-electron chi connectivity index (χ2n) is 6.11. The highest BCUT2D eigenvalue weighted by molar-refractivity contribution is 5.36. The second-order valence-corrected chi connectivity index (χ2v) is 6.11. The van der Waals surface area contributed by atoms with Crippen molar-refractivity contribution >= 4 is 0 Å².